The number of nitrogens with zero attached hydrogens (tertiary/aromatic N) is 3. The minimum Gasteiger partial charge on any atom is -0.317 e. The molecule has 2 aromatic rings. The van der Waals surface area contributed by atoms with Crippen molar-refractivity contribution in [2.45, 2.75) is 31.7 Å². The number of aromatic nitrogens is 3. The van der Waals surface area contributed by atoms with Crippen LogP contribution in [0.25, 0.3) is 0 Å². The van der Waals surface area contributed by atoms with Crippen LogP contribution in [-0.2, 0) is 0 Å². The van der Waals surface area contributed by atoms with Crippen LogP contribution in [0.5, 0.6) is 0 Å². The third-order valence-electron chi connectivity index (χ3n) is 4.00. The van der Waals surface area contributed by atoms with E-state index in [1.165, 1.54) is 5.56 Å². The summed E-state index contributed by atoms with van der Waals surface area (Å²) in [5.74, 6) is 1.67. The fraction of sp³-hybridized carbons (Fsp3) is 0.467. The third kappa shape index (κ3) is 2.54. The number of rotatable bonds is 3. The fourth-order valence-corrected chi connectivity index (χ4v) is 2.81. The lowest BCUT2D eigenvalue weighted by molar-refractivity contribution is 0.424. The maximum absolute atomic E-state index is 4.37. The summed E-state index contributed by atoms with van der Waals surface area (Å²) >= 11 is 0. The van der Waals surface area contributed by atoms with Gasteiger partial charge < -0.3 is 9.88 Å². The molecule has 3 rings (SSSR count). The average molecular weight is 256 g/mol. The van der Waals surface area contributed by atoms with Gasteiger partial charge in [0.15, 0.2) is 0 Å². The molecule has 2 heterocycles. The molecule has 19 heavy (non-hydrogen) atoms. The molecule has 0 spiro atoms. The second kappa shape index (κ2) is 5.53. The molecule has 1 atom stereocenters. The predicted octanol–water partition coefficient (Wildman–Crippen LogP) is 2.35. The summed E-state index contributed by atoms with van der Waals surface area (Å²) in [5, 5.41) is 11.9. The van der Waals surface area contributed by atoms with E-state index in [9.17, 15) is 0 Å². The van der Waals surface area contributed by atoms with E-state index in [1.807, 2.05) is 6.33 Å². The third-order valence-corrected chi connectivity index (χ3v) is 4.00. The summed E-state index contributed by atoms with van der Waals surface area (Å²) < 4.78 is 2.23. The SMILES string of the molecule is CC(c1ccccc1)n1cnnc1C1CCNCC1. The summed E-state index contributed by atoms with van der Waals surface area (Å²) in [6.45, 7) is 4.37. The van der Waals surface area contributed by atoms with E-state index in [2.05, 4.69) is 57.3 Å². The number of piperidine rings is 1. The summed E-state index contributed by atoms with van der Waals surface area (Å²) in [4.78, 5) is 0. The molecule has 1 fully saturated rings. The van der Waals surface area contributed by atoms with Crippen LogP contribution in [-0.4, -0.2) is 27.9 Å². The molecule has 4 heteroatoms. The van der Waals surface area contributed by atoms with E-state index < -0.39 is 0 Å². The molecule has 0 amide bonds. The Bertz CT molecular complexity index is 514. The van der Waals surface area contributed by atoms with Crippen LogP contribution in [0.2, 0.25) is 0 Å². The Kier molecular flexibility index (Phi) is 3.60. The van der Waals surface area contributed by atoms with Gasteiger partial charge in [-0.25, -0.2) is 0 Å². The lowest BCUT2D eigenvalue weighted by Crippen LogP contribution is -2.28. The number of nitrogens with one attached hydrogen (secondary N) is 1. The first-order valence-electron chi connectivity index (χ1n) is 7.01. The van der Waals surface area contributed by atoms with Gasteiger partial charge in [-0.05, 0) is 38.4 Å². The lowest BCUT2D eigenvalue weighted by atomic mass is 9.96. The Balaban J connectivity index is 1.87. The minimum atomic E-state index is 0.293. The Morgan fingerprint density at radius 2 is 1.95 bits per heavy atom. The molecule has 1 aromatic carbocycles. The molecular formula is C15H20N4. The standard InChI is InChI=1S/C15H20N4/c1-12(13-5-3-2-4-6-13)19-11-17-18-15(19)14-7-9-16-10-8-14/h2-6,11-12,14,16H,7-10H2,1H3. The van der Waals surface area contributed by atoms with Crippen LogP contribution < -0.4 is 5.32 Å². The highest BCUT2D eigenvalue weighted by atomic mass is 15.3. The molecule has 1 unspecified atom stereocenters. The van der Waals surface area contributed by atoms with Gasteiger partial charge in [0.2, 0.25) is 0 Å². The van der Waals surface area contributed by atoms with E-state index >= 15 is 0 Å². The molecule has 1 saturated heterocycles. The van der Waals surface area contributed by atoms with Crippen molar-refractivity contribution in [3.8, 4) is 0 Å². The number of hydrogen-bond acceptors (Lipinski definition) is 3. The van der Waals surface area contributed by atoms with Crippen molar-refractivity contribution in [3.63, 3.8) is 0 Å². The molecule has 0 saturated carbocycles. The van der Waals surface area contributed by atoms with Crippen molar-refractivity contribution in [3.05, 3.63) is 48.0 Å². The molecule has 100 valence electrons. The van der Waals surface area contributed by atoms with Crippen LogP contribution >= 0.6 is 0 Å². The van der Waals surface area contributed by atoms with Gasteiger partial charge in [-0.2, -0.15) is 0 Å². The maximum atomic E-state index is 4.37. The molecule has 0 radical (unpaired) electrons. The van der Waals surface area contributed by atoms with Gasteiger partial charge in [-0.1, -0.05) is 30.3 Å². The second-order valence-corrected chi connectivity index (χ2v) is 5.21. The highest BCUT2D eigenvalue weighted by Crippen LogP contribution is 2.27. The highest BCUT2D eigenvalue weighted by molar-refractivity contribution is 5.20. The van der Waals surface area contributed by atoms with Gasteiger partial charge in [-0.3, -0.25) is 0 Å². The topological polar surface area (TPSA) is 42.7 Å². The monoisotopic (exact) mass is 256 g/mol. The molecule has 1 N–H and O–H groups in total. The smallest absolute Gasteiger partial charge is 0.136 e. The molecule has 4 nitrogen and oxygen atoms in total. The first-order chi connectivity index (χ1) is 9.36. The quantitative estimate of drug-likeness (QED) is 0.916. The van der Waals surface area contributed by atoms with Crippen LogP contribution in [0.15, 0.2) is 36.7 Å². The summed E-state index contributed by atoms with van der Waals surface area (Å²) in [6, 6.07) is 10.8. The maximum Gasteiger partial charge on any atom is 0.136 e. The molecule has 1 aromatic heterocycles. The zero-order chi connectivity index (χ0) is 13.1. The largest absolute Gasteiger partial charge is 0.317 e. The Morgan fingerprint density at radius 1 is 1.21 bits per heavy atom. The van der Waals surface area contributed by atoms with Gasteiger partial charge in [0.25, 0.3) is 0 Å². The van der Waals surface area contributed by atoms with Crippen molar-refractivity contribution in [2.24, 2.45) is 0 Å². The van der Waals surface area contributed by atoms with Gasteiger partial charge in [0.05, 0.1) is 6.04 Å². The van der Waals surface area contributed by atoms with Crippen LogP contribution in [0, 0.1) is 0 Å². The fourth-order valence-electron chi connectivity index (χ4n) is 2.81. The van der Waals surface area contributed by atoms with Crippen molar-refractivity contribution in [1.29, 1.82) is 0 Å². The van der Waals surface area contributed by atoms with Gasteiger partial charge in [0, 0.05) is 5.92 Å². The van der Waals surface area contributed by atoms with Crippen LogP contribution in [0.4, 0.5) is 0 Å². The predicted molar refractivity (Wildman–Crippen MR) is 75.1 cm³/mol. The van der Waals surface area contributed by atoms with Crippen molar-refractivity contribution >= 4 is 0 Å². The first-order valence-corrected chi connectivity index (χ1v) is 7.01. The van der Waals surface area contributed by atoms with E-state index in [1.54, 1.807) is 0 Å². The van der Waals surface area contributed by atoms with E-state index in [4.69, 9.17) is 0 Å². The van der Waals surface area contributed by atoms with E-state index in [0.717, 1.165) is 31.8 Å². The van der Waals surface area contributed by atoms with Gasteiger partial charge >= 0.3 is 0 Å². The van der Waals surface area contributed by atoms with Crippen LogP contribution in [0.1, 0.15) is 43.1 Å². The second-order valence-electron chi connectivity index (χ2n) is 5.21. The molecule has 1 aliphatic rings. The number of hydrogen-bond donors (Lipinski definition) is 1. The highest BCUT2D eigenvalue weighted by Gasteiger charge is 2.22. The summed E-state index contributed by atoms with van der Waals surface area (Å²) in [7, 11) is 0. The molecular weight excluding hydrogens is 236 g/mol. The Morgan fingerprint density at radius 3 is 2.68 bits per heavy atom. The van der Waals surface area contributed by atoms with E-state index in [-0.39, 0.29) is 0 Å². The Hall–Kier alpha value is -1.68. The van der Waals surface area contributed by atoms with E-state index in [0.29, 0.717) is 12.0 Å². The number of benzene rings is 1. The van der Waals surface area contributed by atoms with Crippen molar-refractivity contribution in [2.75, 3.05) is 13.1 Å². The zero-order valence-electron chi connectivity index (χ0n) is 11.3. The van der Waals surface area contributed by atoms with Gasteiger partial charge in [-0.15, -0.1) is 10.2 Å². The van der Waals surface area contributed by atoms with Gasteiger partial charge in [0.1, 0.15) is 12.2 Å². The molecule has 0 bridgehead atoms. The van der Waals surface area contributed by atoms with Crippen molar-refractivity contribution in [1.82, 2.24) is 20.1 Å². The Labute approximate surface area is 113 Å². The zero-order valence-corrected chi connectivity index (χ0v) is 11.3. The molecule has 0 aliphatic carbocycles. The first kappa shape index (κ1) is 12.4. The minimum absolute atomic E-state index is 0.293. The van der Waals surface area contributed by atoms with Crippen LogP contribution in [0.3, 0.4) is 0 Å². The molecule has 1 aliphatic heterocycles. The average Bonchev–Trinajstić information content (AvgIpc) is 2.98. The lowest BCUT2D eigenvalue weighted by Gasteiger charge is -2.24. The summed E-state index contributed by atoms with van der Waals surface area (Å²) in [6.07, 6.45) is 4.18. The normalized spacial score (nSPS) is 18.4. The van der Waals surface area contributed by atoms with Crippen molar-refractivity contribution < 1.29 is 0 Å². The summed E-state index contributed by atoms with van der Waals surface area (Å²) in [5.41, 5.74) is 1.30.